The standard InChI is InChI=1S/C14H21NOS/c1-3-14(16)13(15-4-2)11-17-10-12-8-6-5-7-9-12/h5-9,13,15H,3-4,10-11H2,1-2H3. The lowest BCUT2D eigenvalue weighted by molar-refractivity contribution is -0.120. The molecule has 1 aromatic rings. The van der Waals surface area contributed by atoms with Crippen LogP contribution in [0, 0.1) is 0 Å². The van der Waals surface area contributed by atoms with Crippen LogP contribution < -0.4 is 5.32 Å². The molecule has 0 radical (unpaired) electrons. The van der Waals surface area contributed by atoms with Crippen LogP contribution in [0.2, 0.25) is 0 Å². The fraction of sp³-hybridized carbons (Fsp3) is 0.500. The molecule has 0 aliphatic rings. The third kappa shape index (κ3) is 5.37. The average Bonchev–Trinajstić information content (AvgIpc) is 2.38. The molecule has 1 aromatic carbocycles. The number of thioether (sulfide) groups is 1. The zero-order valence-electron chi connectivity index (χ0n) is 10.6. The van der Waals surface area contributed by atoms with Gasteiger partial charge in [-0.3, -0.25) is 4.79 Å². The lowest BCUT2D eigenvalue weighted by Gasteiger charge is -2.15. The van der Waals surface area contributed by atoms with E-state index in [-0.39, 0.29) is 6.04 Å². The quantitative estimate of drug-likeness (QED) is 0.770. The van der Waals surface area contributed by atoms with Gasteiger partial charge >= 0.3 is 0 Å². The van der Waals surface area contributed by atoms with Gasteiger partial charge in [0.1, 0.15) is 5.78 Å². The van der Waals surface area contributed by atoms with E-state index in [0.717, 1.165) is 18.1 Å². The Balaban J connectivity index is 2.34. The Kier molecular flexibility index (Phi) is 6.97. The predicted octanol–water partition coefficient (Wildman–Crippen LogP) is 2.88. The minimum atomic E-state index is 0.0127. The fourth-order valence-corrected chi connectivity index (χ4v) is 2.71. The van der Waals surface area contributed by atoms with E-state index in [2.05, 4.69) is 29.6 Å². The van der Waals surface area contributed by atoms with Crippen LogP contribution in [0.25, 0.3) is 0 Å². The predicted molar refractivity (Wildman–Crippen MR) is 75.4 cm³/mol. The molecule has 0 saturated carbocycles. The number of hydrogen-bond acceptors (Lipinski definition) is 3. The second-order valence-electron chi connectivity index (χ2n) is 3.93. The number of rotatable bonds is 8. The van der Waals surface area contributed by atoms with Gasteiger partial charge in [0.05, 0.1) is 6.04 Å². The summed E-state index contributed by atoms with van der Waals surface area (Å²) in [5.74, 6) is 2.14. The second kappa shape index (κ2) is 8.31. The molecule has 0 bridgehead atoms. The summed E-state index contributed by atoms with van der Waals surface area (Å²) in [6.45, 7) is 4.81. The molecule has 3 heteroatoms. The Morgan fingerprint density at radius 2 is 2.00 bits per heavy atom. The van der Waals surface area contributed by atoms with Crippen LogP contribution in [0.3, 0.4) is 0 Å². The maximum Gasteiger partial charge on any atom is 0.150 e. The van der Waals surface area contributed by atoms with Crippen molar-refractivity contribution in [2.45, 2.75) is 32.1 Å². The molecule has 0 aliphatic heterocycles. The van der Waals surface area contributed by atoms with Crippen LogP contribution in [-0.4, -0.2) is 24.1 Å². The van der Waals surface area contributed by atoms with Gasteiger partial charge in [0.2, 0.25) is 0 Å². The van der Waals surface area contributed by atoms with E-state index in [1.54, 1.807) is 0 Å². The third-order valence-electron chi connectivity index (χ3n) is 2.58. The summed E-state index contributed by atoms with van der Waals surface area (Å²) in [4.78, 5) is 11.7. The van der Waals surface area contributed by atoms with Gasteiger partial charge in [0.25, 0.3) is 0 Å². The highest BCUT2D eigenvalue weighted by atomic mass is 32.2. The molecule has 0 saturated heterocycles. The van der Waals surface area contributed by atoms with Gasteiger partial charge in [-0.2, -0.15) is 11.8 Å². The van der Waals surface area contributed by atoms with Gasteiger partial charge in [-0.25, -0.2) is 0 Å². The lowest BCUT2D eigenvalue weighted by Crippen LogP contribution is -2.38. The Morgan fingerprint density at radius 3 is 2.59 bits per heavy atom. The molecule has 1 rings (SSSR count). The molecule has 0 aromatic heterocycles. The van der Waals surface area contributed by atoms with E-state index in [1.165, 1.54) is 5.56 Å². The van der Waals surface area contributed by atoms with Crippen molar-refractivity contribution in [2.75, 3.05) is 12.3 Å². The summed E-state index contributed by atoms with van der Waals surface area (Å²) in [5, 5.41) is 3.25. The van der Waals surface area contributed by atoms with Crippen LogP contribution in [0.1, 0.15) is 25.8 Å². The Morgan fingerprint density at radius 1 is 1.29 bits per heavy atom. The van der Waals surface area contributed by atoms with Crippen LogP contribution in [0.15, 0.2) is 30.3 Å². The normalized spacial score (nSPS) is 12.4. The molecule has 1 atom stereocenters. The summed E-state index contributed by atoms with van der Waals surface area (Å²) < 4.78 is 0. The second-order valence-corrected chi connectivity index (χ2v) is 4.96. The van der Waals surface area contributed by atoms with Crippen LogP contribution in [0.5, 0.6) is 0 Å². The first kappa shape index (κ1) is 14.3. The zero-order valence-corrected chi connectivity index (χ0v) is 11.4. The van der Waals surface area contributed by atoms with E-state index >= 15 is 0 Å². The molecule has 17 heavy (non-hydrogen) atoms. The van der Waals surface area contributed by atoms with Gasteiger partial charge in [-0.1, -0.05) is 44.2 Å². The highest BCUT2D eigenvalue weighted by molar-refractivity contribution is 7.98. The minimum absolute atomic E-state index is 0.0127. The highest BCUT2D eigenvalue weighted by Crippen LogP contribution is 2.13. The van der Waals surface area contributed by atoms with Crippen molar-refractivity contribution < 1.29 is 4.79 Å². The van der Waals surface area contributed by atoms with Crippen LogP contribution >= 0.6 is 11.8 Å². The molecule has 1 unspecified atom stereocenters. The van der Waals surface area contributed by atoms with Gasteiger partial charge < -0.3 is 5.32 Å². The lowest BCUT2D eigenvalue weighted by atomic mass is 10.2. The number of carbonyl (C=O) groups is 1. The molecule has 0 spiro atoms. The third-order valence-corrected chi connectivity index (χ3v) is 3.69. The number of benzene rings is 1. The molecular formula is C14H21NOS. The van der Waals surface area contributed by atoms with E-state index in [4.69, 9.17) is 0 Å². The smallest absolute Gasteiger partial charge is 0.150 e. The van der Waals surface area contributed by atoms with Crippen LogP contribution in [-0.2, 0) is 10.5 Å². The maximum atomic E-state index is 11.7. The van der Waals surface area contributed by atoms with Gasteiger partial charge in [-0.05, 0) is 12.1 Å². The SMILES string of the molecule is CCNC(CSCc1ccccc1)C(=O)CC. The van der Waals surface area contributed by atoms with Gasteiger partial charge in [0, 0.05) is 17.9 Å². The van der Waals surface area contributed by atoms with E-state index in [9.17, 15) is 4.79 Å². The fourth-order valence-electron chi connectivity index (χ4n) is 1.63. The monoisotopic (exact) mass is 251 g/mol. The van der Waals surface area contributed by atoms with Crippen molar-refractivity contribution >= 4 is 17.5 Å². The number of hydrogen-bond donors (Lipinski definition) is 1. The van der Waals surface area contributed by atoms with Crippen molar-refractivity contribution in [3.63, 3.8) is 0 Å². The molecular weight excluding hydrogens is 230 g/mol. The maximum absolute atomic E-state index is 11.7. The van der Waals surface area contributed by atoms with E-state index < -0.39 is 0 Å². The number of nitrogens with one attached hydrogen (secondary N) is 1. The largest absolute Gasteiger partial charge is 0.307 e. The van der Waals surface area contributed by atoms with E-state index in [0.29, 0.717) is 12.2 Å². The molecule has 0 fully saturated rings. The topological polar surface area (TPSA) is 29.1 Å². The summed E-state index contributed by atoms with van der Waals surface area (Å²) in [5.41, 5.74) is 1.32. The number of carbonyl (C=O) groups excluding carboxylic acids is 1. The van der Waals surface area contributed by atoms with Gasteiger partial charge in [0.15, 0.2) is 0 Å². The first-order valence-electron chi connectivity index (χ1n) is 6.15. The zero-order chi connectivity index (χ0) is 12.5. The summed E-state index contributed by atoms with van der Waals surface area (Å²) in [7, 11) is 0. The summed E-state index contributed by atoms with van der Waals surface area (Å²) in [6, 6.07) is 10.4. The van der Waals surface area contributed by atoms with Crippen molar-refractivity contribution in [1.82, 2.24) is 5.32 Å². The highest BCUT2D eigenvalue weighted by Gasteiger charge is 2.14. The number of ketones is 1. The molecule has 94 valence electrons. The minimum Gasteiger partial charge on any atom is -0.307 e. The van der Waals surface area contributed by atoms with Crippen molar-refractivity contribution in [1.29, 1.82) is 0 Å². The summed E-state index contributed by atoms with van der Waals surface area (Å²) in [6.07, 6.45) is 0.615. The van der Waals surface area contributed by atoms with Crippen molar-refractivity contribution in [3.8, 4) is 0 Å². The van der Waals surface area contributed by atoms with Gasteiger partial charge in [-0.15, -0.1) is 0 Å². The van der Waals surface area contributed by atoms with Crippen molar-refractivity contribution in [3.05, 3.63) is 35.9 Å². The number of Topliss-reactive ketones (excluding diaryl/α,β-unsaturated/α-hetero) is 1. The van der Waals surface area contributed by atoms with E-state index in [1.807, 2.05) is 31.7 Å². The molecule has 2 nitrogen and oxygen atoms in total. The van der Waals surface area contributed by atoms with Crippen LogP contribution in [0.4, 0.5) is 0 Å². The average molecular weight is 251 g/mol. The Hall–Kier alpha value is -0.800. The first-order valence-corrected chi connectivity index (χ1v) is 7.31. The molecule has 0 amide bonds. The molecule has 1 N–H and O–H groups in total. The Bertz CT molecular complexity index is 326. The number of likely N-dealkylation sites (N-methyl/N-ethyl adjacent to an activating group) is 1. The first-order chi connectivity index (χ1) is 8.27. The Labute approximate surface area is 108 Å². The molecule has 0 heterocycles. The summed E-state index contributed by atoms with van der Waals surface area (Å²) >= 11 is 1.81. The molecule has 0 aliphatic carbocycles. The van der Waals surface area contributed by atoms with Crippen molar-refractivity contribution in [2.24, 2.45) is 0 Å².